The summed E-state index contributed by atoms with van der Waals surface area (Å²) in [5.74, 6) is -0.0550. The molecular formula is C9H11O3S. The van der Waals surface area contributed by atoms with Gasteiger partial charge in [0.2, 0.25) is 0 Å². The molecule has 1 aromatic carbocycles. The first kappa shape index (κ1) is 10.2. The van der Waals surface area contributed by atoms with Crippen LogP contribution >= 0.6 is 0 Å². The van der Waals surface area contributed by atoms with Gasteiger partial charge in [0.05, 0.1) is 17.3 Å². The third kappa shape index (κ3) is 2.82. The van der Waals surface area contributed by atoms with E-state index >= 15 is 0 Å². The van der Waals surface area contributed by atoms with E-state index in [0.717, 1.165) is 0 Å². The Morgan fingerprint density at radius 3 is 2.23 bits per heavy atom. The lowest BCUT2D eigenvalue weighted by molar-refractivity contribution is 0.194. The van der Waals surface area contributed by atoms with Crippen LogP contribution in [0.2, 0.25) is 0 Å². The molecule has 0 saturated heterocycles. The second kappa shape index (κ2) is 4.39. The van der Waals surface area contributed by atoms with Crippen LogP contribution in [-0.2, 0) is 14.9 Å². The molecule has 0 aliphatic rings. The molecule has 0 bridgehead atoms. The Balaban J connectivity index is 2.83. The molecule has 0 aromatic heterocycles. The van der Waals surface area contributed by atoms with Crippen molar-refractivity contribution in [1.82, 2.24) is 0 Å². The van der Waals surface area contributed by atoms with Crippen molar-refractivity contribution in [2.75, 3.05) is 12.4 Å². The molecule has 0 heterocycles. The first-order valence-electron chi connectivity index (χ1n) is 4.03. The van der Waals surface area contributed by atoms with Gasteiger partial charge in [0.25, 0.3) is 0 Å². The highest BCUT2D eigenvalue weighted by Crippen LogP contribution is 2.10. The van der Waals surface area contributed by atoms with E-state index in [1.807, 2.05) is 0 Å². The maximum absolute atomic E-state index is 11.5. The van der Waals surface area contributed by atoms with E-state index in [1.54, 1.807) is 30.3 Å². The number of rotatable bonds is 4. The summed E-state index contributed by atoms with van der Waals surface area (Å²) in [6, 6.07) is 8.18. The minimum atomic E-state index is -3.22. The Kier molecular flexibility index (Phi) is 3.45. The minimum Gasteiger partial charge on any atom is -0.237 e. The van der Waals surface area contributed by atoms with Crippen LogP contribution in [-0.4, -0.2) is 20.8 Å². The minimum absolute atomic E-state index is 0.0550. The summed E-state index contributed by atoms with van der Waals surface area (Å²) in [6.07, 6.45) is 0.178. The number of hydrogen-bond donors (Lipinski definition) is 0. The Labute approximate surface area is 77.9 Å². The number of benzene rings is 1. The lowest BCUT2D eigenvalue weighted by Crippen LogP contribution is -2.07. The van der Waals surface area contributed by atoms with Gasteiger partial charge in [-0.3, -0.25) is 0 Å². The molecule has 0 aliphatic carbocycles. The van der Waals surface area contributed by atoms with E-state index in [1.165, 1.54) is 0 Å². The smallest absolute Gasteiger partial charge is 0.178 e. The molecule has 0 amide bonds. The largest absolute Gasteiger partial charge is 0.237 e. The van der Waals surface area contributed by atoms with E-state index < -0.39 is 9.84 Å². The molecule has 71 valence electrons. The predicted octanol–water partition coefficient (Wildman–Crippen LogP) is 1.28. The van der Waals surface area contributed by atoms with Crippen LogP contribution in [0.5, 0.6) is 0 Å². The Bertz CT molecular complexity index is 342. The van der Waals surface area contributed by atoms with Crippen molar-refractivity contribution >= 4 is 9.84 Å². The molecule has 0 saturated carbocycles. The molecular weight excluding hydrogens is 188 g/mol. The summed E-state index contributed by atoms with van der Waals surface area (Å²) < 4.78 is 22.9. The van der Waals surface area contributed by atoms with Gasteiger partial charge >= 0.3 is 0 Å². The van der Waals surface area contributed by atoms with Crippen molar-refractivity contribution in [3.05, 3.63) is 30.3 Å². The quantitative estimate of drug-likeness (QED) is 0.733. The molecule has 0 spiro atoms. The number of sulfone groups is 1. The summed E-state index contributed by atoms with van der Waals surface area (Å²) >= 11 is 0. The maximum atomic E-state index is 11.5. The van der Waals surface area contributed by atoms with Gasteiger partial charge in [-0.1, -0.05) is 18.2 Å². The summed E-state index contributed by atoms with van der Waals surface area (Å²) in [6.45, 7) is -0.341. The van der Waals surface area contributed by atoms with Crippen LogP contribution in [0.25, 0.3) is 0 Å². The van der Waals surface area contributed by atoms with E-state index in [-0.39, 0.29) is 18.8 Å². The van der Waals surface area contributed by atoms with Crippen molar-refractivity contribution in [1.29, 1.82) is 0 Å². The van der Waals surface area contributed by atoms with Gasteiger partial charge in [-0.15, -0.1) is 0 Å². The second-order valence-corrected chi connectivity index (χ2v) is 4.80. The Hall–Kier alpha value is -0.870. The first-order chi connectivity index (χ1) is 6.17. The molecule has 0 unspecified atom stereocenters. The van der Waals surface area contributed by atoms with Gasteiger partial charge in [0.1, 0.15) is 0 Å². The van der Waals surface area contributed by atoms with Crippen LogP contribution in [0.15, 0.2) is 35.2 Å². The standard InChI is InChI=1S/C9H11O3S/c10-7-4-8-13(11,12)9-5-2-1-3-6-9/h1-3,5-6H,4,7-8H2. The van der Waals surface area contributed by atoms with E-state index in [4.69, 9.17) is 0 Å². The maximum Gasteiger partial charge on any atom is 0.178 e. The molecule has 0 atom stereocenters. The normalized spacial score (nSPS) is 11.5. The Morgan fingerprint density at radius 1 is 1.08 bits per heavy atom. The molecule has 3 nitrogen and oxygen atoms in total. The molecule has 13 heavy (non-hydrogen) atoms. The van der Waals surface area contributed by atoms with Crippen molar-refractivity contribution in [3.8, 4) is 0 Å². The SMILES string of the molecule is [O]CCCS(=O)(=O)c1ccccc1. The van der Waals surface area contributed by atoms with E-state index in [0.29, 0.717) is 4.90 Å². The van der Waals surface area contributed by atoms with Crippen molar-refractivity contribution in [2.45, 2.75) is 11.3 Å². The molecule has 0 N–H and O–H groups in total. The van der Waals surface area contributed by atoms with Crippen LogP contribution < -0.4 is 0 Å². The zero-order valence-corrected chi connectivity index (χ0v) is 7.96. The summed E-state index contributed by atoms with van der Waals surface area (Å²) in [5, 5.41) is 10.1. The van der Waals surface area contributed by atoms with Gasteiger partial charge in [0.15, 0.2) is 9.84 Å². The summed E-state index contributed by atoms with van der Waals surface area (Å²) in [4.78, 5) is 0.295. The van der Waals surface area contributed by atoms with Crippen molar-refractivity contribution in [3.63, 3.8) is 0 Å². The number of hydrogen-bond acceptors (Lipinski definition) is 2. The van der Waals surface area contributed by atoms with Crippen LogP contribution in [0, 0.1) is 0 Å². The first-order valence-corrected chi connectivity index (χ1v) is 5.68. The zero-order chi connectivity index (χ0) is 9.73. The highest BCUT2D eigenvalue weighted by atomic mass is 32.2. The zero-order valence-electron chi connectivity index (χ0n) is 7.14. The molecule has 0 fully saturated rings. The molecule has 1 radical (unpaired) electrons. The topological polar surface area (TPSA) is 54.0 Å². The fraction of sp³-hybridized carbons (Fsp3) is 0.333. The summed E-state index contributed by atoms with van der Waals surface area (Å²) in [5.41, 5.74) is 0. The average Bonchev–Trinajstić information content (AvgIpc) is 2.16. The Morgan fingerprint density at radius 2 is 1.69 bits per heavy atom. The van der Waals surface area contributed by atoms with E-state index in [2.05, 4.69) is 0 Å². The van der Waals surface area contributed by atoms with Gasteiger partial charge in [0, 0.05) is 0 Å². The van der Waals surface area contributed by atoms with Crippen molar-refractivity contribution < 1.29 is 13.5 Å². The molecule has 1 rings (SSSR count). The van der Waals surface area contributed by atoms with Crippen LogP contribution in [0.1, 0.15) is 6.42 Å². The second-order valence-electron chi connectivity index (χ2n) is 2.69. The van der Waals surface area contributed by atoms with Gasteiger partial charge in [-0.25, -0.2) is 13.5 Å². The highest BCUT2D eigenvalue weighted by Gasteiger charge is 2.12. The van der Waals surface area contributed by atoms with Gasteiger partial charge < -0.3 is 0 Å². The molecule has 0 aliphatic heterocycles. The average molecular weight is 199 g/mol. The predicted molar refractivity (Wildman–Crippen MR) is 48.7 cm³/mol. The van der Waals surface area contributed by atoms with E-state index in [9.17, 15) is 13.5 Å². The fourth-order valence-electron chi connectivity index (χ4n) is 0.995. The van der Waals surface area contributed by atoms with Crippen LogP contribution in [0.3, 0.4) is 0 Å². The lowest BCUT2D eigenvalue weighted by Gasteiger charge is -2.01. The van der Waals surface area contributed by atoms with Crippen molar-refractivity contribution in [2.24, 2.45) is 0 Å². The van der Waals surface area contributed by atoms with Gasteiger partial charge in [-0.2, -0.15) is 0 Å². The third-order valence-electron chi connectivity index (χ3n) is 1.66. The molecule has 1 aromatic rings. The summed E-state index contributed by atoms with van der Waals surface area (Å²) in [7, 11) is -3.22. The lowest BCUT2D eigenvalue weighted by atomic mass is 10.4. The molecule has 4 heteroatoms. The van der Waals surface area contributed by atoms with Crippen LogP contribution in [0.4, 0.5) is 0 Å². The monoisotopic (exact) mass is 199 g/mol. The highest BCUT2D eigenvalue weighted by molar-refractivity contribution is 7.91. The third-order valence-corrected chi connectivity index (χ3v) is 3.48. The van der Waals surface area contributed by atoms with Gasteiger partial charge in [-0.05, 0) is 18.6 Å². The fourth-order valence-corrected chi connectivity index (χ4v) is 2.30.